The normalized spacial score (nSPS) is 10.6. The molecule has 2 aromatic carbocycles. The summed E-state index contributed by atoms with van der Waals surface area (Å²) in [5, 5.41) is 14.9. The van der Waals surface area contributed by atoms with Crippen molar-refractivity contribution in [2.45, 2.75) is 32.5 Å². The summed E-state index contributed by atoms with van der Waals surface area (Å²) in [6.07, 6.45) is 0. The van der Waals surface area contributed by atoms with E-state index in [0.717, 1.165) is 17.0 Å². The smallest absolute Gasteiger partial charge is 0.234 e. The molecule has 0 fully saturated rings. The first-order valence-electron chi connectivity index (χ1n) is 9.27. The highest BCUT2D eigenvalue weighted by atomic mass is 32.2. The van der Waals surface area contributed by atoms with Crippen molar-refractivity contribution in [1.82, 2.24) is 14.8 Å². The minimum atomic E-state index is -0.136. The Morgan fingerprint density at radius 3 is 2.28 bits per heavy atom. The van der Waals surface area contributed by atoms with E-state index >= 15 is 0 Å². The number of thioether (sulfide) groups is 1. The Hall–Kier alpha value is -3.13. The molecule has 1 aromatic heterocycles. The van der Waals surface area contributed by atoms with Gasteiger partial charge in [-0.3, -0.25) is 9.59 Å². The summed E-state index contributed by atoms with van der Waals surface area (Å²) in [7, 11) is 0. The van der Waals surface area contributed by atoms with Gasteiger partial charge in [-0.25, -0.2) is 0 Å². The molecular weight excluding hydrogens is 386 g/mol. The van der Waals surface area contributed by atoms with Crippen LogP contribution in [0.4, 0.5) is 11.4 Å². The van der Waals surface area contributed by atoms with E-state index < -0.39 is 0 Å². The first-order chi connectivity index (χ1) is 14.0. The zero-order valence-electron chi connectivity index (χ0n) is 16.6. The fraction of sp³-hybridized carbons (Fsp3) is 0.238. The molecule has 8 heteroatoms. The van der Waals surface area contributed by atoms with Crippen molar-refractivity contribution in [1.29, 1.82) is 0 Å². The van der Waals surface area contributed by atoms with Crippen molar-refractivity contribution in [3.05, 3.63) is 54.1 Å². The van der Waals surface area contributed by atoms with Gasteiger partial charge in [0.1, 0.15) is 0 Å². The van der Waals surface area contributed by atoms with Crippen LogP contribution in [-0.2, 0) is 16.1 Å². The van der Waals surface area contributed by atoms with E-state index in [2.05, 4.69) is 20.8 Å². The molecule has 29 heavy (non-hydrogen) atoms. The maximum absolute atomic E-state index is 12.3. The van der Waals surface area contributed by atoms with Gasteiger partial charge in [0.2, 0.25) is 11.8 Å². The number of nitrogens with zero attached hydrogens (tertiary/aromatic N) is 3. The molecule has 0 aliphatic rings. The second kappa shape index (κ2) is 9.38. The van der Waals surface area contributed by atoms with Gasteiger partial charge in [-0.05, 0) is 43.7 Å². The van der Waals surface area contributed by atoms with Crippen LogP contribution in [0.1, 0.15) is 19.4 Å². The summed E-state index contributed by atoms with van der Waals surface area (Å²) in [6, 6.07) is 15.0. The van der Waals surface area contributed by atoms with Crippen LogP contribution in [0.5, 0.6) is 0 Å². The summed E-state index contributed by atoms with van der Waals surface area (Å²) < 4.78 is 2.02. The number of carbonyl (C=O) groups is 2. The van der Waals surface area contributed by atoms with Crippen molar-refractivity contribution in [2.75, 3.05) is 16.4 Å². The van der Waals surface area contributed by atoms with Gasteiger partial charge in [-0.2, -0.15) is 0 Å². The average Bonchev–Trinajstić information content (AvgIpc) is 3.10. The molecule has 3 rings (SSSR count). The number of aromatic nitrogens is 3. The number of nitrogens with one attached hydrogen (secondary N) is 2. The summed E-state index contributed by atoms with van der Waals surface area (Å²) in [5.74, 6) is 0.759. The Balaban J connectivity index is 1.63. The number of amides is 2. The van der Waals surface area contributed by atoms with Crippen LogP contribution in [0, 0.1) is 6.92 Å². The highest BCUT2D eigenvalue weighted by molar-refractivity contribution is 7.99. The van der Waals surface area contributed by atoms with Crippen molar-refractivity contribution >= 4 is 35.0 Å². The maximum atomic E-state index is 12.3. The zero-order chi connectivity index (χ0) is 20.8. The Morgan fingerprint density at radius 2 is 1.66 bits per heavy atom. The molecule has 0 unspecified atom stereocenters. The molecule has 0 bridgehead atoms. The molecular formula is C21H23N5O2S. The molecule has 1 heterocycles. The van der Waals surface area contributed by atoms with E-state index in [-0.39, 0.29) is 17.6 Å². The third-order valence-electron chi connectivity index (χ3n) is 4.24. The van der Waals surface area contributed by atoms with E-state index in [0.29, 0.717) is 23.1 Å². The van der Waals surface area contributed by atoms with E-state index in [1.165, 1.54) is 18.7 Å². The standard InChI is InChI=1S/C21H23N5O2S/c1-4-26-20(18-8-6-5-7-14(18)2)24-25-21(26)29-13-19(28)23-17-11-9-16(10-12-17)22-15(3)27/h5-12H,4,13H2,1-3H3,(H,22,27)(H,23,28). The number of anilines is 2. The van der Waals surface area contributed by atoms with Crippen LogP contribution in [0.3, 0.4) is 0 Å². The highest BCUT2D eigenvalue weighted by Gasteiger charge is 2.15. The molecule has 0 saturated heterocycles. The number of rotatable bonds is 7. The molecule has 7 nitrogen and oxygen atoms in total. The summed E-state index contributed by atoms with van der Waals surface area (Å²) in [4.78, 5) is 23.4. The van der Waals surface area contributed by atoms with E-state index in [9.17, 15) is 9.59 Å². The number of aryl methyl sites for hydroxylation is 1. The van der Waals surface area contributed by atoms with Gasteiger partial charge in [-0.15, -0.1) is 10.2 Å². The fourth-order valence-electron chi connectivity index (χ4n) is 2.87. The van der Waals surface area contributed by atoms with Gasteiger partial charge >= 0.3 is 0 Å². The van der Waals surface area contributed by atoms with Gasteiger partial charge in [0, 0.05) is 30.4 Å². The highest BCUT2D eigenvalue weighted by Crippen LogP contribution is 2.26. The second-order valence-corrected chi connectivity index (χ2v) is 7.40. The minimum absolute atomic E-state index is 0.134. The maximum Gasteiger partial charge on any atom is 0.234 e. The summed E-state index contributed by atoms with van der Waals surface area (Å²) >= 11 is 1.35. The molecule has 0 aliphatic carbocycles. The Labute approximate surface area is 173 Å². The topological polar surface area (TPSA) is 88.9 Å². The fourth-order valence-corrected chi connectivity index (χ4v) is 3.67. The molecule has 150 valence electrons. The third kappa shape index (κ3) is 5.23. The van der Waals surface area contributed by atoms with Crippen LogP contribution in [0.25, 0.3) is 11.4 Å². The van der Waals surface area contributed by atoms with Gasteiger partial charge in [0.15, 0.2) is 11.0 Å². The molecule has 0 saturated carbocycles. The van der Waals surface area contributed by atoms with Crippen molar-refractivity contribution in [3.8, 4) is 11.4 Å². The lowest BCUT2D eigenvalue weighted by molar-refractivity contribution is -0.114. The quantitative estimate of drug-likeness (QED) is 0.577. The van der Waals surface area contributed by atoms with Gasteiger partial charge in [-0.1, -0.05) is 36.0 Å². The third-order valence-corrected chi connectivity index (χ3v) is 5.21. The first-order valence-corrected chi connectivity index (χ1v) is 10.3. The Kier molecular flexibility index (Phi) is 6.66. The molecule has 0 aliphatic heterocycles. The lowest BCUT2D eigenvalue weighted by Crippen LogP contribution is -2.14. The van der Waals surface area contributed by atoms with Crippen LogP contribution in [0.15, 0.2) is 53.7 Å². The molecule has 2 amide bonds. The van der Waals surface area contributed by atoms with E-state index in [1.54, 1.807) is 24.3 Å². The summed E-state index contributed by atoms with van der Waals surface area (Å²) in [5.41, 5.74) is 3.52. The van der Waals surface area contributed by atoms with Gasteiger partial charge in [0.05, 0.1) is 5.75 Å². The number of hydrogen-bond acceptors (Lipinski definition) is 5. The van der Waals surface area contributed by atoms with Gasteiger partial charge in [0.25, 0.3) is 0 Å². The van der Waals surface area contributed by atoms with Gasteiger partial charge < -0.3 is 15.2 Å². The Bertz CT molecular complexity index is 1010. The molecule has 2 N–H and O–H groups in total. The lowest BCUT2D eigenvalue weighted by Gasteiger charge is -2.09. The summed E-state index contributed by atoms with van der Waals surface area (Å²) in [6.45, 7) is 6.24. The number of benzene rings is 2. The van der Waals surface area contributed by atoms with Crippen molar-refractivity contribution in [2.24, 2.45) is 0 Å². The molecule has 0 radical (unpaired) electrons. The SMILES string of the molecule is CCn1c(SCC(=O)Nc2ccc(NC(C)=O)cc2)nnc1-c1ccccc1C. The number of carbonyl (C=O) groups excluding carboxylic acids is 2. The minimum Gasteiger partial charge on any atom is -0.326 e. The molecule has 3 aromatic rings. The largest absolute Gasteiger partial charge is 0.326 e. The van der Waals surface area contributed by atoms with Crippen LogP contribution in [0.2, 0.25) is 0 Å². The number of hydrogen-bond donors (Lipinski definition) is 2. The van der Waals surface area contributed by atoms with E-state index in [1.807, 2.05) is 42.7 Å². The van der Waals surface area contributed by atoms with Crippen LogP contribution < -0.4 is 10.6 Å². The van der Waals surface area contributed by atoms with E-state index in [4.69, 9.17) is 0 Å². The second-order valence-electron chi connectivity index (χ2n) is 6.46. The van der Waals surface area contributed by atoms with Crippen LogP contribution >= 0.6 is 11.8 Å². The Morgan fingerprint density at radius 1 is 1.00 bits per heavy atom. The zero-order valence-corrected chi connectivity index (χ0v) is 17.4. The molecule has 0 atom stereocenters. The molecule has 0 spiro atoms. The van der Waals surface area contributed by atoms with Crippen LogP contribution in [-0.4, -0.2) is 32.3 Å². The predicted octanol–water partition coefficient (Wildman–Crippen LogP) is 3.96. The van der Waals surface area contributed by atoms with Crippen molar-refractivity contribution < 1.29 is 9.59 Å². The first kappa shape index (κ1) is 20.6. The lowest BCUT2D eigenvalue weighted by atomic mass is 10.1. The monoisotopic (exact) mass is 409 g/mol. The van der Waals surface area contributed by atoms with Crippen molar-refractivity contribution in [3.63, 3.8) is 0 Å². The predicted molar refractivity (Wildman–Crippen MR) is 116 cm³/mol. The average molecular weight is 410 g/mol.